The average Bonchev–Trinajstić information content (AvgIpc) is 3.14. The van der Waals surface area contributed by atoms with Crippen LogP contribution in [0.3, 0.4) is 0 Å². The summed E-state index contributed by atoms with van der Waals surface area (Å²) in [5.41, 5.74) is 6.69. The van der Waals surface area contributed by atoms with Gasteiger partial charge in [0.1, 0.15) is 5.82 Å². The van der Waals surface area contributed by atoms with Gasteiger partial charge in [-0.25, -0.2) is 4.98 Å². The van der Waals surface area contributed by atoms with Crippen molar-refractivity contribution in [1.29, 1.82) is 0 Å². The van der Waals surface area contributed by atoms with Crippen LogP contribution in [0, 0.1) is 24.7 Å². The van der Waals surface area contributed by atoms with E-state index < -0.39 is 0 Å². The molecule has 2 fully saturated rings. The minimum absolute atomic E-state index is 0.354. The predicted molar refractivity (Wildman–Crippen MR) is 68.6 cm³/mol. The molecule has 0 atom stereocenters. The Bertz CT molecular complexity index is 398. The van der Waals surface area contributed by atoms with Crippen LogP contribution in [0.25, 0.3) is 0 Å². The first-order chi connectivity index (χ1) is 8.24. The Hall–Kier alpha value is -1.32. The molecule has 4 heteroatoms. The normalized spacial score (nSPS) is 19.6. The van der Waals surface area contributed by atoms with Gasteiger partial charge in [-0.15, -0.1) is 0 Å². The van der Waals surface area contributed by atoms with Gasteiger partial charge in [-0.3, -0.25) is 0 Å². The van der Waals surface area contributed by atoms with Crippen molar-refractivity contribution in [2.45, 2.75) is 32.6 Å². The number of nitrogens with zero attached hydrogens (tertiary/aromatic N) is 2. The maximum Gasteiger partial charge on any atom is 0.221 e. The van der Waals surface area contributed by atoms with Crippen molar-refractivity contribution in [1.82, 2.24) is 9.97 Å². The number of hydrogen-bond acceptors (Lipinski definition) is 4. The van der Waals surface area contributed by atoms with E-state index in [0.717, 1.165) is 35.7 Å². The van der Waals surface area contributed by atoms with E-state index in [4.69, 9.17) is 5.73 Å². The van der Waals surface area contributed by atoms with Gasteiger partial charge < -0.3 is 11.1 Å². The van der Waals surface area contributed by atoms with Crippen LogP contribution in [0.5, 0.6) is 0 Å². The lowest BCUT2D eigenvalue weighted by molar-refractivity contribution is 0.427. The smallest absolute Gasteiger partial charge is 0.221 e. The molecule has 2 saturated carbocycles. The second kappa shape index (κ2) is 4.17. The van der Waals surface area contributed by atoms with Crippen molar-refractivity contribution >= 4 is 11.8 Å². The number of aromatic nitrogens is 2. The molecule has 2 aliphatic carbocycles. The third kappa shape index (κ3) is 2.51. The molecule has 3 N–H and O–H groups in total. The highest BCUT2D eigenvalue weighted by Gasteiger charge is 2.41. The molecule has 4 nitrogen and oxygen atoms in total. The largest absolute Gasteiger partial charge is 0.369 e. The van der Waals surface area contributed by atoms with E-state index in [0.29, 0.717) is 5.95 Å². The Morgan fingerprint density at radius 2 is 2.00 bits per heavy atom. The number of nitrogens with one attached hydrogen (secondary N) is 1. The molecule has 2 aliphatic rings. The summed E-state index contributed by atoms with van der Waals surface area (Å²) in [6, 6.07) is 0. The third-order valence-electron chi connectivity index (χ3n) is 3.95. The van der Waals surface area contributed by atoms with Gasteiger partial charge in [0.05, 0.1) is 0 Å². The second-order valence-electron chi connectivity index (χ2n) is 5.48. The van der Waals surface area contributed by atoms with Crippen LogP contribution >= 0.6 is 0 Å². The Kier molecular flexibility index (Phi) is 2.65. The molecule has 0 aromatic carbocycles. The van der Waals surface area contributed by atoms with Crippen LogP contribution in [0.2, 0.25) is 0 Å². The summed E-state index contributed by atoms with van der Waals surface area (Å²) in [5.74, 6) is 4.05. The zero-order chi connectivity index (χ0) is 11.8. The summed E-state index contributed by atoms with van der Waals surface area (Å²) < 4.78 is 0. The SMILES string of the molecule is Cc1cnc(N)nc1NCC(C1CC1)C1CC1. The first-order valence-electron chi connectivity index (χ1n) is 6.57. The fourth-order valence-electron chi connectivity index (χ4n) is 2.62. The summed E-state index contributed by atoms with van der Waals surface area (Å²) in [4.78, 5) is 8.25. The maximum atomic E-state index is 5.62. The summed E-state index contributed by atoms with van der Waals surface area (Å²) >= 11 is 0. The van der Waals surface area contributed by atoms with Gasteiger partial charge in [-0.2, -0.15) is 4.98 Å². The summed E-state index contributed by atoms with van der Waals surface area (Å²) in [6.45, 7) is 3.07. The molecule has 1 heterocycles. The average molecular weight is 232 g/mol. The molecular formula is C13H20N4. The summed E-state index contributed by atoms with van der Waals surface area (Å²) in [5, 5.41) is 3.47. The standard InChI is InChI=1S/C13H20N4/c1-8-6-16-13(14)17-12(8)15-7-11(9-2-3-9)10-4-5-10/h6,9-11H,2-5,7H2,1H3,(H3,14,15,16,17). The fraction of sp³-hybridized carbons (Fsp3) is 0.692. The quantitative estimate of drug-likeness (QED) is 0.817. The monoisotopic (exact) mass is 232 g/mol. The van der Waals surface area contributed by atoms with E-state index in [1.165, 1.54) is 25.7 Å². The van der Waals surface area contributed by atoms with Gasteiger partial charge in [-0.1, -0.05) is 0 Å². The van der Waals surface area contributed by atoms with Crippen molar-refractivity contribution in [3.63, 3.8) is 0 Å². The van der Waals surface area contributed by atoms with Crippen molar-refractivity contribution in [2.75, 3.05) is 17.6 Å². The van der Waals surface area contributed by atoms with E-state index in [-0.39, 0.29) is 0 Å². The topological polar surface area (TPSA) is 63.8 Å². The predicted octanol–water partition coefficient (Wildman–Crippen LogP) is 2.22. The first-order valence-corrected chi connectivity index (χ1v) is 6.57. The van der Waals surface area contributed by atoms with E-state index in [1.807, 2.05) is 6.92 Å². The lowest BCUT2D eigenvalue weighted by Crippen LogP contribution is -2.19. The molecule has 0 saturated heterocycles. The number of rotatable bonds is 5. The highest BCUT2D eigenvalue weighted by Crippen LogP contribution is 2.49. The van der Waals surface area contributed by atoms with Crippen LogP contribution in [0.15, 0.2) is 6.20 Å². The molecule has 17 heavy (non-hydrogen) atoms. The van der Waals surface area contributed by atoms with Crippen LogP contribution in [-0.4, -0.2) is 16.5 Å². The molecule has 0 radical (unpaired) electrons. The van der Waals surface area contributed by atoms with Gasteiger partial charge in [0, 0.05) is 18.3 Å². The molecule has 3 rings (SSSR count). The van der Waals surface area contributed by atoms with Crippen LogP contribution in [-0.2, 0) is 0 Å². The summed E-state index contributed by atoms with van der Waals surface area (Å²) in [7, 11) is 0. The van der Waals surface area contributed by atoms with Crippen LogP contribution in [0.1, 0.15) is 31.2 Å². The maximum absolute atomic E-state index is 5.62. The second-order valence-corrected chi connectivity index (χ2v) is 5.48. The van der Waals surface area contributed by atoms with Crippen LogP contribution < -0.4 is 11.1 Å². The number of hydrogen-bond donors (Lipinski definition) is 2. The Morgan fingerprint density at radius 1 is 1.35 bits per heavy atom. The fourth-order valence-corrected chi connectivity index (χ4v) is 2.62. The van der Waals surface area contributed by atoms with Crippen molar-refractivity contribution in [3.8, 4) is 0 Å². The molecule has 0 amide bonds. The first kappa shape index (κ1) is 10.8. The van der Waals surface area contributed by atoms with E-state index in [9.17, 15) is 0 Å². The zero-order valence-electron chi connectivity index (χ0n) is 10.3. The lowest BCUT2D eigenvalue weighted by Gasteiger charge is -2.17. The molecule has 0 bridgehead atoms. The molecular weight excluding hydrogens is 212 g/mol. The van der Waals surface area contributed by atoms with Crippen molar-refractivity contribution < 1.29 is 0 Å². The van der Waals surface area contributed by atoms with Crippen LogP contribution in [0.4, 0.5) is 11.8 Å². The van der Waals surface area contributed by atoms with Gasteiger partial charge in [-0.05, 0) is 50.4 Å². The zero-order valence-corrected chi connectivity index (χ0v) is 10.3. The summed E-state index contributed by atoms with van der Waals surface area (Å²) in [6.07, 6.45) is 7.48. The minimum Gasteiger partial charge on any atom is -0.369 e. The number of nitrogen functional groups attached to an aromatic ring is 1. The van der Waals surface area contributed by atoms with Crippen molar-refractivity contribution in [3.05, 3.63) is 11.8 Å². The number of anilines is 2. The Labute approximate surface area is 102 Å². The number of nitrogens with two attached hydrogens (primary N) is 1. The van der Waals surface area contributed by atoms with Crippen molar-refractivity contribution in [2.24, 2.45) is 17.8 Å². The number of aryl methyl sites for hydroxylation is 1. The highest BCUT2D eigenvalue weighted by molar-refractivity contribution is 5.45. The highest BCUT2D eigenvalue weighted by atomic mass is 15.1. The molecule has 0 aliphatic heterocycles. The lowest BCUT2D eigenvalue weighted by atomic mass is 9.98. The molecule has 1 aromatic heterocycles. The Balaban J connectivity index is 1.63. The molecule has 0 spiro atoms. The molecule has 92 valence electrons. The van der Waals surface area contributed by atoms with Gasteiger partial charge in [0.25, 0.3) is 0 Å². The van der Waals surface area contributed by atoms with E-state index >= 15 is 0 Å². The minimum atomic E-state index is 0.354. The Morgan fingerprint density at radius 3 is 2.59 bits per heavy atom. The molecule has 1 aromatic rings. The van der Waals surface area contributed by atoms with E-state index in [2.05, 4.69) is 15.3 Å². The van der Waals surface area contributed by atoms with Gasteiger partial charge in [0.15, 0.2) is 0 Å². The van der Waals surface area contributed by atoms with Gasteiger partial charge in [0.2, 0.25) is 5.95 Å². The molecule has 0 unspecified atom stereocenters. The third-order valence-corrected chi connectivity index (χ3v) is 3.95. The van der Waals surface area contributed by atoms with Gasteiger partial charge >= 0.3 is 0 Å². The van der Waals surface area contributed by atoms with E-state index in [1.54, 1.807) is 6.20 Å².